The molecule has 0 unspecified atom stereocenters. The molecule has 1 amide bonds. The Bertz CT molecular complexity index is 1290. The van der Waals surface area contributed by atoms with Gasteiger partial charge in [-0.05, 0) is 48.2 Å². The number of amides is 1. The van der Waals surface area contributed by atoms with Gasteiger partial charge in [0, 0.05) is 17.9 Å². The minimum atomic E-state index is -0.555. The molecule has 0 N–H and O–H groups in total. The summed E-state index contributed by atoms with van der Waals surface area (Å²) in [6, 6.07) is 13.2. The highest BCUT2D eigenvalue weighted by Crippen LogP contribution is 2.35. The molecule has 0 aliphatic carbocycles. The molecule has 0 fully saturated rings. The van der Waals surface area contributed by atoms with E-state index in [0.29, 0.717) is 22.1 Å². The van der Waals surface area contributed by atoms with Crippen LogP contribution in [0.5, 0.6) is 5.75 Å². The van der Waals surface area contributed by atoms with E-state index >= 15 is 0 Å². The summed E-state index contributed by atoms with van der Waals surface area (Å²) >= 11 is 1.34. The number of aromatic nitrogens is 1. The Kier molecular flexibility index (Phi) is 6.88. The number of carbonyl (C=O) groups is 2. The molecule has 0 radical (unpaired) electrons. The number of nitrogens with zero attached hydrogens (tertiary/aromatic N) is 3. The highest BCUT2D eigenvalue weighted by Gasteiger charge is 2.26. The first kappa shape index (κ1) is 23.4. The summed E-state index contributed by atoms with van der Waals surface area (Å²) in [5, 5.41) is 2.34. The van der Waals surface area contributed by atoms with Gasteiger partial charge in [-0.2, -0.15) is 0 Å². The van der Waals surface area contributed by atoms with Crippen molar-refractivity contribution in [3.8, 4) is 5.75 Å². The summed E-state index contributed by atoms with van der Waals surface area (Å²) in [5.41, 5.74) is 4.36. The quantitative estimate of drug-likeness (QED) is 0.342. The van der Waals surface area contributed by atoms with E-state index in [1.54, 1.807) is 47.7 Å². The number of aryl methyl sites for hydroxylation is 2. The number of hydrogen-bond donors (Lipinski definition) is 0. The number of cyclic esters (lactones) is 1. The topological polar surface area (TPSA) is 81.1 Å². The average Bonchev–Trinajstić information content (AvgIpc) is 3.45. The highest BCUT2D eigenvalue weighted by molar-refractivity contribution is 7.14. The number of hydrogen-bond acceptors (Lipinski definition) is 7. The van der Waals surface area contributed by atoms with Gasteiger partial charge in [0.1, 0.15) is 5.75 Å². The molecule has 1 aliphatic rings. The lowest BCUT2D eigenvalue weighted by atomic mass is 10.0. The van der Waals surface area contributed by atoms with Gasteiger partial charge in [-0.1, -0.05) is 38.1 Å². The first-order valence-electron chi connectivity index (χ1n) is 11.0. The van der Waals surface area contributed by atoms with Crippen LogP contribution in [0.1, 0.15) is 43.2 Å². The molecule has 0 atom stereocenters. The lowest BCUT2D eigenvalue weighted by Gasteiger charge is -2.24. The van der Waals surface area contributed by atoms with Crippen molar-refractivity contribution < 1.29 is 19.1 Å². The Morgan fingerprint density at radius 1 is 1.15 bits per heavy atom. The molecule has 1 aliphatic heterocycles. The molecule has 2 heterocycles. The van der Waals surface area contributed by atoms with Gasteiger partial charge in [0.2, 0.25) is 11.8 Å². The molecule has 7 nitrogen and oxygen atoms in total. The molecular formula is C26H25N3O4S. The summed E-state index contributed by atoms with van der Waals surface area (Å²) in [4.78, 5) is 35.8. The zero-order chi connectivity index (χ0) is 24.2. The fraction of sp³-hybridized carbons (Fsp3) is 0.231. The average molecular weight is 476 g/mol. The van der Waals surface area contributed by atoms with E-state index < -0.39 is 5.97 Å². The number of methoxy groups -OCH3 is 1. The third kappa shape index (κ3) is 4.63. The molecule has 3 aromatic rings. The van der Waals surface area contributed by atoms with E-state index in [1.165, 1.54) is 18.3 Å². The van der Waals surface area contributed by atoms with Crippen molar-refractivity contribution in [3.05, 3.63) is 75.9 Å². The van der Waals surface area contributed by atoms with Gasteiger partial charge in [0.05, 0.1) is 18.5 Å². The van der Waals surface area contributed by atoms with Crippen LogP contribution >= 0.6 is 11.3 Å². The lowest BCUT2D eigenvalue weighted by molar-refractivity contribution is -0.130. The summed E-state index contributed by atoms with van der Waals surface area (Å²) in [7, 11) is 1.57. The van der Waals surface area contributed by atoms with Crippen molar-refractivity contribution in [2.45, 2.75) is 33.6 Å². The molecule has 1 aromatic heterocycles. The smallest absolute Gasteiger partial charge is 0.363 e. The Morgan fingerprint density at radius 3 is 2.50 bits per heavy atom. The maximum absolute atomic E-state index is 12.7. The maximum Gasteiger partial charge on any atom is 0.363 e. The lowest BCUT2D eigenvalue weighted by Crippen LogP contribution is -2.25. The van der Waals surface area contributed by atoms with Gasteiger partial charge < -0.3 is 9.47 Å². The van der Waals surface area contributed by atoms with Gasteiger partial charge >= 0.3 is 5.97 Å². The van der Waals surface area contributed by atoms with Crippen molar-refractivity contribution in [1.82, 2.24) is 4.98 Å². The van der Waals surface area contributed by atoms with Crippen molar-refractivity contribution in [2.24, 2.45) is 4.99 Å². The Morgan fingerprint density at radius 2 is 1.85 bits per heavy atom. The predicted molar refractivity (Wildman–Crippen MR) is 134 cm³/mol. The Hall–Kier alpha value is -3.78. The third-order valence-electron chi connectivity index (χ3n) is 5.43. The summed E-state index contributed by atoms with van der Waals surface area (Å²) in [6.07, 6.45) is 3.16. The summed E-state index contributed by atoms with van der Waals surface area (Å²) in [6.45, 7) is 5.67. The summed E-state index contributed by atoms with van der Waals surface area (Å²) < 4.78 is 10.6. The van der Waals surface area contributed by atoms with Crippen molar-refractivity contribution in [3.63, 3.8) is 0 Å². The van der Waals surface area contributed by atoms with Crippen LogP contribution in [0.4, 0.5) is 10.8 Å². The van der Waals surface area contributed by atoms with E-state index in [-0.39, 0.29) is 17.5 Å². The number of para-hydroxylation sites is 1. The van der Waals surface area contributed by atoms with Crippen LogP contribution in [0.3, 0.4) is 0 Å². The van der Waals surface area contributed by atoms with Crippen molar-refractivity contribution in [2.75, 3.05) is 12.0 Å². The Balaban J connectivity index is 1.68. The molecule has 4 rings (SSSR count). The monoisotopic (exact) mass is 475 g/mol. The van der Waals surface area contributed by atoms with Crippen molar-refractivity contribution >= 4 is 46.0 Å². The van der Waals surface area contributed by atoms with E-state index in [1.807, 2.05) is 18.2 Å². The molecule has 34 heavy (non-hydrogen) atoms. The number of thiazole rings is 1. The number of benzene rings is 2. The fourth-order valence-electron chi connectivity index (χ4n) is 3.76. The van der Waals surface area contributed by atoms with Crippen LogP contribution in [0.25, 0.3) is 6.08 Å². The number of carbonyl (C=O) groups excluding carboxylic acids is 2. The van der Waals surface area contributed by atoms with Gasteiger partial charge in [-0.15, -0.1) is 11.3 Å². The molecule has 0 saturated heterocycles. The first-order valence-corrected chi connectivity index (χ1v) is 11.9. The van der Waals surface area contributed by atoms with Crippen LogP contribution < -0.4 is 9.64 Å². The fourth-order valence-corrected chi connectivity index (χ4v) is 4.59. The number of esters is 1. The minimum absolute atomic E-state index is 0.122. The second kappa shape index (κ2) is 10.0. The first-order chi connectivity index (χ1) is 16.4. The standard InChI is InChI=1S/C26H25N3O4S/c1-5-17-9-7-10-18(6-2)23(17)29(16(3)30)26-27-20(15-34-26)14-22-25(31)33-24(28-22)19-11-8-12-21(13-19)32-4/h7-15H,5-6H2,1-4H3. The number of ether oxygens (including phenoxy) is 2. The molecule has 8 heteroatoms. The van der Waals surface area contributed by atoms with Crippen LogP contribution in [-0.4, -0.2) is 29.9 Å². The van der Waals surface area contributed by atoms with Crippen LogP contribution in [0.15, 0.2) is 58.5 Å². The highest BCUT2D eigenvalue weighted by atomic mass is 32.1. The van der Waals surface area contributed by atoms with Crippen LogP contribution in [0, 0.1) is 0 Å². The SMILES string of the molecule is CCc1cccc(CC)c1N(C(C)=O)c1nc(C=C2N=C(c3cccc(OC)c3)OC2=O)cs1. The molecule has 0 bridgehead atoms. The van der Waals surface area contributed by atoms with Gasteiger partial charge in [0.15, 0.2) is 10.8 Å². The number of anilines is 2. The Labute approximate surface area is 202 Å². The minimum Gasteiger partial charge on any atom is -0.497 e. The third-order valence-corrected chi connectivity index (χ3v) is 6.27. The number of aliphatic imine (C=N–C) groups is 1. The maximum atomic E-state index is 12.7. The van der Waals surface area contributed by atoms with Gasteiger partial charge in [-0.3, -0.25) is 9.69 Å². The molecule has 2 aromatic carbocycles. The summed E-state index contributed by atoms with van der Waals surface area (Å²) in [5.74, 6) is 0.171. The molecule has 0 saturated carbocycles. The second-order valence-corrected chi connectivity index (χ2v) is 8.45. The van der Waals surface area contributed by atoms with Crippen molar-refractivity contribution in [1.29, 1.82) is 0 Å². The van der Waals surface area contributed by atoms with E-state index in [2.05, 4.69) is 23.8 Å². The van der Waals surface area contributed by atoms with Gasteiger partial charge in [0.25, 0.3) is 0 Å². The zero-order valence-corrected chi connectivity index (χ0v) is 20.3. The molecule has 174 valence electrons. The van der Waals surface area contributed by atoms with Crippen LogP contribution in [-0.2, 0) is 27.2 Å². The number of rotatable bonds is 7. The van der Waals surface area contributed by atoms with Gasteiger partial charge in [-0.25, -0.2) is 14.8 Å². The largest absolute Gasteiger partial charge is 0.497 e. The van der Waals surface area contributed by atoms with E-state index in [4.69, 9.17) is 9.47 Å². The predicted octanol–water partition coefficient (Wildman–Crippen LogP) is 5.31. The van der Waals surface area contributed by atoms with E-state index in [9.17, 15) is 9.59 Å². The second-order valence-electron chi connectivity index (χ2n) is 7.61. The molecular weight excluding hydrogens is 450 g/mol. The molecule has 0 spiro atoms. The van der Waals surface area contributed by atoms with E-state index in [0.717, 1.165) is 29.7 Å². The normalized spacial score (nSPS) is 14.2. The zero-order valence-electron chi connectivity index (χ0n) is 19.5. The van der Waals surface area contributed by atoms with Crippen LogP contribution in [0.2, 0.25) is 0 Å².